The fourth-order valence-electron chi connectivity index (χ4n) is 6.77. The van der Waals surface area contributed by atoms with E-state index >= 15 is 0 Å². The molecule has 0 atom stereocenters. The van der Waals surface area contributed by atoms with Crippen molar-refractivity contribution in [2.75, 3.05) is 0 Å². The van der Waals surface area contributed by atoms with Crippen LogP contribution in [0.3, 0.4) is 0 Å². The van der Waals surface area contributed by atoms with Gasteiger partial charge in [-0.15, -0.1) is 0 Å². The standard InChI is InChI=1S/C35H29BO2S/c1-33(2)34(3,4)38-36(37-33)23-18-20-31-30(21-23)35(29-19-17-22-11-5-6-12-24(22)32(29)39-31)27-15-9-7-13-25(27)26-14-8-10-16-28(26)35/h5-21H,1-4H3. The van der Waals surface area contributed by atoms with Crippen LogP contribution in [0.15, 0.2) is 113 Å². The molecule has 2 heterocycles. The number of rotatable bonds is 1. The second-order valence-electron chi connectivity index (χ2n) is 12.0. The van der Waals surface area contributed by atoms with E-state index in [1.54, 1.807) is 0 Å². The van der Waals surface area contributed by atoms with Crippen molar-refractivity contribution in [3.8, 4) is 11.1 Å². The Morgan fingerprint density at radius 2 is 1.21 bits per heavy atom. The van der Waals surface area contributed by atoms with Crippen LogP contribution in [-0.2, 0) is 14.7 Å². The minimum atomic E-state index is -0.424. The molecule has 1 aliphatic carbocycles. The van der Waals surface area contributed by atoms with Crippen LogP contribution < -0.4 is 5.46 Å². The summed E-state index contributed by atoms with van der Waals surface area (Å²) in [6, 6.07) is 38.2. The van der Waals surface area contributed by atoms with Gasteiger partial charge in [-0.05, 0) is 83.4 Å². The third-order valence-corrected chi connectivity index (χ3v) is 10.6. The van der Waals surface area contributed by atoms with E-state index in [9.17, 15) is 0 Å². The van der Waals surface area contributed by atoms with Crippen LogP contribution in [0, 0.1) is 0 Å². The van der Waals surface area contributed by atoms with Crippen LogP contribution in [0.25, 0.3) is 21.9 Å². The number of hydrogen-bond acceptors (Lipinski definition) is 3. The van der Waals surface area contributed by atoms with Crippen LogP contribution >= 0.6 is 11.8 Å². The quantitative estimate of drug-likeness (QED) is 0.203. The average Bonchev–Trinajstić information content (AvgIpc) is 3.36. The summed E-state index contributed by atoms with van der Waals surface area (Å²) in [6.45, 7) is 8.47. The molecule has 1 spiro atoms. The van der Waals surface area contributed by atoms with Crippen molar-refractivity contribution in [3.63, 3.8) is 0 Å². The van der Waals surface area contributed by atoms with E-state index in [0.717, 1.165) is 5.46 Å². The van der Waals surface area contributed by atoms with Crippen molar-refractivity contribution < 1.29 is 9.31 Å². The molecule has 5 aromatic rings. The SMILES string of the molecule is CC1(C)OB(c2ccc3c(c2)C2(c4ccccc4-c4ccccc42)c2ccc4ccccc4c2S3)OC1(C)C. The molecular weight excluding hydrogens is 495 g/mol. The van der Waals surface area contributed by atoms with E-state index in [4.69, 9.17) is 9.31 Å². The maximum Gasteiger partial charge on any atom is 0.494 e. The number of hydrogen-bond donors (Lipinski definition) is 0. The van der Waals surface area contributed by atoms with Gasteiger partial charge in [0.05, 0.1) is 16.6 Å². The van der Waals surface area contributed by atoms with E-state index in [2.05, 4.69) is 131 Å². The Labute approximate surface area is 234 Å². The highest BCUT2D eigenvalue weighted by atomic mass is 32.2. The molecule has 0 saturated carbocycles. The molecule has 0 bridgehead atoms. The van der Waals surface area contributed by atoms with E-state index in [1.807, 2.05) is 11.8 Å². The fraction of sp³-hybridized carbons (Fsp3) is 0.200. The molecule has 3 aliphatic rings. The lowest BCUT2D eigenvalue weighted by Gasteiger charge is -2.40. The topological polar surface area (TPSA) is 18.5 Å². The van der Waals surface area contributed by atoms with E-state index < -0.39 is 23.7 Å². The van der Waals surface area contributed by atoms with Crippen molar-refractivity contribution in [1.82, 2.24) is 0 Å². The Kier molecular flexibility index (Phi) is 4.76. The second kappa shape index (κ2) is 7.88. The van der Waals surface area contributed by atoms with Crippen LogP contribution in [0.5, 0.6) is 0 Å². The van der Waals surface area contributed by atoms with Gasteiger partial charge >= 0.3 is 7.12 Å². The first kappa shape index (κ1) is 23.6. The zero-order chi connectivity index (χ0) is 26.6. The molecule has 1 saturated heterocycles. The van der Waals surface area contributed by atoms with Gasteiger partial charge in [0.15, 0.2) is 0 Å². The average molecular weight is 524 g/mol. The molecule has 2 nitrogen and oxygen atoms in total. The summed E-state index contributed by atoms with van der Waals surface area (Å²) in [5.74, 6) is 0. The van der Waals surface area contributed by atoms with Gasteiger partial charge in [0.25, 0.3) is 0 Å². The predicted octanol–water partition coefficient (Wildman–Crippen LogP) is 7.97. The normalized spacial score (nSPS) is 19.0. The van der Waals surface area contributed by atoms with Gasteiger partial charge in [-0.2, -0.15) is 0 Å². The Balaban J connectivity index is 1.46. The monoisotopic (exact) mass is 524 g/mol. The predicted molar refractivity (Wildman–Crippen MR) is 161 cm³/mol. The minimum absolute atomic E-state index is 0.391. The first-order valence-corrected chi connectivity index (χ1v) is 14.5. The van der Waals surface area contributed by atoms with Crippen molar-refractivity contribution in [2.24, 2.45) is 0 Å². The van der Waals surface area contributed by atoms with Gasteiger partial charge in [0, 0.05) is 9.79 Å². The zero-order valence-electron chi connectivity index (χ0n) is 22.6. The fourth-order valence-corrected chi connectivity index (χ4v) is 8.08. The maximum atomic E-state index is 6.53. The number of benzene rings is 5. The van der Waals surface area contributed by atoms with Crippen molar-refractivity contribution in [3.05, 3.63) is 125 Å². The van der Waals surface area contributed by atoms with Gasteiger partial charge in [-0.3, -0.25) is 0 Å². The lowest BCUT2D eigenvalue weighted by atomic mass is 9.65. The highest BCUT2D eigenvalue weighted by molar-refractivity contribution is 7.99. The summed E-state index contributed by atoms with van der Waals surface area (Å²) in [6.07, 6.45) is 0. The van der Waals surface area contributed by atoms with Crippen molar-refractivity contribution in [2.45, 2.75) is 54.1 Å². The molecular formula is C35H29BO2S. The van der Waals surface area contributed by atoms with Crippen LogP contribution in [0.1, 0.15) is 49.9 Å². The third-order valence-electron chi connectivity index (χ3n) is 9.38. The molecule has 5 aromatic carbocycles. The largest absolute Gasteiger partial charge is 0.494 e. The lowest BCUT2D eigenvalue weighted by molar-refractivity contribution is 0.00578. The minimum Gasteiger partial charge on any atom is -0.399 e. The maximum absolute atomic E-state index is 6.53. The van der Waals surface area contributed by atoms with E-state index in [-0.39, 0.29) is 0 Å². The molecule has 39 heavy (non-hydrogen) atoms. The summed E-state index contributed by atoms with van der Waals surface area (Å²) >= 11 is 1.89. The molecule has 0 amide bonds. The molecule has 2 aliphatic heterocycles. The number of fused-ring (bicyclic) bond motifs is 11. The van der Waals surface area contributed by atoms with Crippen molar-refractivity contribution in [1.29, 1.82) is 0 Å². The van der Waals surface area contributed by atoms with Crippen LogP contribution in [0.2, 0.25) is 0 Å². The van der Waals surface area contributed by atoms with E-state index in [1.165, 1.54) is 53.9 Å². The molecule has 0 N–H and O–H groups in total. The Morgan fingerprint density at radius 1 is 0.590 bits per heavy atom. The molecule has 1 fully saturated rings. The molecule has 190 valence electrons. The highest BCUT2D eigenvalue weighted by Crippen LogP contribution is 2.62. The van der Waals surface area contributed by atoms with Crippen LogP contribution in [0.4, 0.5) is 0 Å². The second-order valence-corrected chi connectivity index (χ2v) is 13.0. The summed E-state index contributed by atoms with van der Waals surface area (Å²) in [5, 5.41) is 2.58. The first-order valence-electron chi connectivity index (χ1n) is 13.7. The summed E-state index contributed by atoms with van der Waals surface area (Å²) < 4.78 is 13.1. The third kappa shape index (κ3) is 3.03. The Bertz CT molecular complexity index is 1760. The van der Waals surface area contributed by atoms with Gasteiger partial charge < -0.3 is 9.31 Å². The smallest absolute Gasteiger partial charge is 0.399 e. The first-order chi connectivity index (χ1) is 18.8. The Morgan fingerprint density at radius 3 is 1.90 bits per heavy atom. The Hall–Kier alpha value is -3.31. The lowest BCUT2D eigenvalue weighted by Crippen LogP contribution is -2.41. The summed E-state index contributed by atoms with van der Waals surface area (Å²) in [4.78, 5) is 2.63. The molecule has 4 heteroatoms. The highest BCUT2D eigenvalue weighted by Gasteiger charge is 2.54. The van der Waals surface area contributed by atoms with Gasteiger partial charge in [-0.25, -0.2) is 0 Å². The van der Waals surface area contributed by atoms with Gasteiger partial charge in [-0.1, -0.05) is 109 Å². The van der Waals surface area contributed by atoms with Gasteiger partial charge in [0.1, 0.15) is 0 Å². The van der Waals surface area contributed by atoms with Crippen molar-refractivity contribution >= 4 is 35.1 Å². The zero-order valence-corrected chi connectivity index (χ0v) is 23.4. The molecule has 8 rings (SSSR count). The molecule has 0 radical (unpaired) electrons. The summed E-state index contributed by atoms with van der Waals surface area (Å²) in [7, 11) is -0.410. The van der Waals surface area contributed by atoms with Gasteiger partial charge in [0.2, 0.25) is 0 Å². The van der Waals surface area contributed by atoms with Crippen LogP contribution in [-0.4, -0.2) is 18.3 Å². The van der Waals surface area contributed by atoms with E-state index in [0.29, 0.717) is 0 Å². The molecule has 0 unspecified atom stereocenters. The molecule has 0 aromatic heterocycles. The summed E-state index contributed by atoms with van der Waals surface area (Å²) in [5.41, 5.74) is 7.83.